The lowest BCUT2D eigenvalue weighted by Crippen LogP contribution is -2.59. The van der Waals surface area contributed by atoms with E-state index in [9.17, 15) is 9.59 Å². The van der Waals surface area contributed by atoms with Gasteiger partial charge in [0, 0.05) is 39.3 Å². The van der Waals surface area contributed by atoms with Crippen LogP contribution in [-0.2, 0) is 14.3 Å². The molecule has 3 saturated heterocycles. The second-order valence-corrected chi connectivity index (χ2v) is 8.87. The lowest BCUT2D eigenvalue weighted by molar-refractivity contribution is -0.148. The van der Waals surface area contributed by atoms with Gasteiger partial charge in [0.15, 0.2) is 0 Å². The van der Waals surface area contributed by atoms with Gasteiger partial charge in [-0.05, 0) is 38.0 Å². The normalized spacial score (nSPS) is 24.2. The van der Waals surface area contributed by atoms with Gasteiger partial charge in [0.05, 0.1) is 18.8 Å². The molecule has 8 nitrogen and oxygen atoms in total. The highest BCUT2D eigenvalue weighted by molar-refractivity contribution is 7.98. The maximum absolute atomic E-state index is 13.0. The highest BCUT2D eigenvalue weighted by Gasteiger charge is 2.43. The van der Waals surface area contributed by atoms with E-state index in [0.29, 0.717) is 26.2 Å². The first-order valence-corrected chi connectivity index (χ1v) is 11.6. The molecule has 3 aliphatic rings. The van der Waals surface area contributed by atoms with Gasteiger partial charge in [0.1, 0.15) is 11.1 Å². The van der Waals surface area contributed by atoms with Gasteiger partial charge >= 0.3 is 0 Å². The third-order valence-corrected chi connectivity index (χ3v) is 6.93. The van der Waals surface area contributed by atoms with Crippen LogP contribution in [0.4, 0.5) is 5.95 Å². The molecule has 1 spiro atoms. The summed E-state index contributed by atoms with van der Waals surface area (Å²) >= 11 is 1.61. The van der Waals surface area contributed by atoms with Gasteiger partial charge in [-0.3, -0.25) is 9.59 Å². The van der Waals surface area contributed by atoms with E-state index >= 15 is 0 Å². The Kier molecular flexibility index (Phi) is 5.96. The molecule has 1 aromatic heterocycles. The number of amides is 2. The van der Waals surface area contributed by atoms with Crippen molar-refractivity contribution < 1.29 is 14.3 Å². The van der Waals surface area contributed by atoms with Gasteiger partial charge in [-0.2, -0.15) is 0 Å². The van der Waals surface area contributed by atoms with Gasteiger partial charge in [-0.15, -0.1) is 11.8 Å². The number of nitrogens with zero attached hydrogens (tertiary/aromatic N) is 5. The Morgan fingerprint density at radius 1 is 1.24 bits per heavy atom. The molecule has 0 unspecified atom stereocenters. The summed E-state index contributed by atoms with van der Waals surface area (Å²) in [6.07, 6.45) is 7.08. The number of rotatable bonds is 3. The number of morpholine rings is 1. The molecule has 3 fully saturated rings. The molecule has 3 aliphatic heterocycles. The summed E-state index contributed by atoms with van der Waals surface area (Å²) in [5.41, 5.74) is -0.260. The van der Waals surface area contributed by atoms with Crippen LogP contribution in [0.1, 0.15) is 32.6 Å². The number of carbonyl (C=O) groups is 2. The van der Waals surface area contributed by atoms with Crippen molar-refractivity contribution in [1.82, 2.24) is 19.8 Å². The minimum atomic E-state index is -0.284. The van der Waals surface area contributed by atoms with Gasteiger partial charge in [-0.1, -0.05) is 0 Å². The standard InChI is InChI=1S/C20H29N5O3S/c1-15(26)25-9-3-4-16(25)18(27)23-10-6-20(7-11-23)14-24(12-13-28-20)19-21-8-5-17(22-19)29-2/h5,8,16H,3-4,6-7,9-14H2,1-2H3/t16-/m0/s1. The van der Waals surface area contributed by atoms with Crippen molar-refractivity contribution in [3.8, 4) is 0 Å². The fourth-order valence-corrected chi connectivity index (χ4v) is 5.03. The lowest BCUT2D eigenvalue weighted by Gasteiger charge is -2.47. The molecule has 0 bridgehead atoms. The Morgan fingerprint density at radius 2 is 2.03 bits per heavy atom. The molecule has 2 amide bonds. The van der Waals surface area contributed by atoms with E-state index in [1.807, 2.05) is 17.2 Å². The van der Waals surface area contributed by atoms with E-state index in [-0.39, 0.29) is 23.5 Å². The first-order valence-electron chi connectivity index (χ1n) is 10.3. The average molecular weight is 420 g/mol. The van der Waals surface area contributed by atoms with Crippen LogP contribution in [0.15, 0.2) is 17.3 Å². The predicted molar refractivity (Wildman–Crippen MR) is 111 cm³/mol. The number of hydrogen-bond donors (Lipinski definition) is 0. The number of thioether (sulfide) groups is 1. The van der Waals surface area contributed by atoms with Gasteiger partial charge < -0.3 is 19.4 Å². The van der Waals surface area contributed by atoms with Crippen LogP contribution in [0.25, 0.3) is 0 Å². The maximum atomic E-state index is 13.0. The van der Waals surface area contributed by atoms with Crippen LogP contribution in [0.5, 0.6) is 0 Å². The minimum Gasteiger partial charge on any atom is -0.371 e. The summed E-state index contributed by atoms with van der Waals surface area (Å²) < 4.78 is 6.22. The molecule has 0 aliphatic carbocycles. The summed E-state index contributed by atoms with van der Waals surface area (Å²) in [5, 5.41) is 0.961. The SMILES string of the molecule is CSc1ccnc(N2CCOC3(CCN(C(=O)[C@@H]4CCCN4C(C)=O)CC3)C2)n1. The Labute approximate surface area is 176 Å². The zero-order chi connectivity index (χ0) is 20.4. The van der Waals surface area contributed by atoms with Crippen molar-refractivity contribution in [2.75, 3.05) is 50.5 Å². The second-order valence-electron chi connectivity index (χ2n) is 8.05. The highest BCUT2D eigenvalue weighted by atomic mass is 32.2. The van der Waals surface area contributed by atoms with Gasteiger partial charge in [-0.25, -0.2) is 9.97 Å². The summed E-state index contributed by atoms with van der Waals surface area (Å²) in [5.74, 6) is 0.838. The summed E-state index contributed by atoms with van der Waals surface area (Å²) in [4.78, 5) is 39.8. The number of likely N-dealkylation sites (tertiary alicyclic amines) is 2. The van der Waals surface area contributed by atoms with Crippen LogP contribution < -0.4 is 4.90 Å². The van der Waals surface area contributed by atoms with E-state index < -0.39 is 0 Å². The molecule has 1 aromatic rings. The van der Waals surface area contributed by atoms with Crippen molar-refractivity contribution >= 4 is 29.5 Å². The molecule has 0 radical (unpaired) electrons. The molecule has 158 valence electrons. The molecule has 1 atom stereocenters. The van der Waals surface area contributed by atoms with E-state index in [4.69, 9.17) is 4.74 Å². The van der Waals surface area contributed by atoms with E-state index in [2.05, 4.69) is 14.9 Å². The zero-order valence-corrected chi connectivity index (χ0v) is 18.0. The van der Waals surface area contributed by atoms with E-state index in [1.165, 1.54) is 0 Å². The van der Waals surface area contributed by atoms with Crippen molar-refractivity contribution in [3.63, 3.8) is 0 Å². The fraction of sp³-hybridized carbons (Fsp3) is 0.700. The Hall–Kier alpha value is -1.87. The smallest absolute Gasteiger partial charge is 0.245 e. The summed E-state index contributed by atoms with van der Waals surface area (Å²) in [6.45, 7) is 5.74. The van der Waals surface area contributed by atoms with Crippen LogP contribution >= 0.6 is 11.8 Å². The van der Waals surface area contributed by atoms with Crippen LogP contribution in [0.3, 0.4) is 0 Å². The van der Waals surface area contributed by atoms with Crippen molar-refractivity contribution in [1.29, 1.82) is 0 Å². The summed E-state index contributed by atoms with van der Waals surface area (Å²) in [7, 11) is 0. The van der Waals surface area contributed by atoms with Crippen LogP contribution in [-0.4, -0.2) is 88.8 Å². The number of hydrogen-bond acceptors (Lipinski definition) is 7. The molecule has 0 N–H and O–H groups in total. The highest BCUT2D eigenvalue weighted by Crippen LogP contribution is 2.32. The minimum absolute atomic E-state index is 0.00643. The molecular formula is C20H29N5O3S. The third kappa shape index (κ3) is 4.21. The molecule has 9 heteroatoms. The monoisotopic (exact) mass is 419 g/mol. The van der Waals surface area contributed by atoms with Crippen LogP contribution in [0.2, 0.25) is 0 Å². The Balaban J connectivity index is 1.39. The number of ether oxygens (including phenoxy) is 1. The first-order chi connectivity index (χ1) is 14.0. The van der Waals surface area contributed by atoms with E-state index in [0.717, 1.165) is 49.7 Å². The van der Waals surface area contributed by atoms with Crippen molar-refractivity contribution in [3.05, 3.63) is 12.3 Å². The van der Waals surface area contributed by atoms with Gasteiger partial charge in [0.25, 0.3) is 0 Å². The van der Waals surface area contributed by atoms with E-state index in [1.54, 1.807) is 29.8 Å². The number of piperidine rings is 1. The van der Waals surface area contributed by atoms with Gasteiger partial charge in [0.2, 0.25) is 17.8 Å². The predicted octanol–water partition coefficient (Wildman–Crippen LogP) is 1.41. The molecular weight excluding hydrogens is 390 g/mol. The Morgan fingerprint density at radius 3 is 2.76 bits per heavy atom. The Bertz CT molecular complexity index is 768. The first kappa shape index (κ1) is 20.4. The topological polar surface area (TPSA) is 78.9 Å². The van der Waals surface area contributed by atoms with Crippen molar-refractivity contribution in [2.24, 2.45) is 0 Å². The quantitative estimate of drug-likeness (QED) is 0.541. The largest absolute Gasteiger partial charge is 0.371 e. The number of carbonyl (C=O) groups excluding carboxylic acids is 2. The zero-order valence-electron chi connectivity index (χ0n) is 17.2. The number of anilines is 1. The molecule has 0 aromatic carbocycles. The maximum Gasteiger partial charge on any atom is 0.245 e. The van der Waals surface area contributed by atoms with Crippen molar-refractivity contribution in [2.45, 2.75) is 49.3 Å². The molecule has 0 saturated carbocycles. The lowest BCUT2D eigenvalue weighted by atomic mass is 9.89. The molecule has 29 heavy (non-hydrogen) atoms. The average Bonchev–Trinajstić information content (AvgIpc) is 3.24. The van der Waals surface area contributed by atoms with Crippen LogP contribution in [0, 0.1) is 0 Å². The molecule has 4 heterocycles. The number of aromatic nitrogens is 2. The second kappa shape index (κ2) is 8.47. The fourth-order valence-electron chi connectivity index (χ4n) is 4.66. The summed E-state index contributed by atoms with van der Waals surface area (Å²) in [6, 6.07) is 1.63. The third-order valence-electron chi connectivity index (χ3n) is 6.29. The molecule has 4 rings (SSSR count).